The number of ether oxygens (including phenoxy) is 1. The summed E-state index contributed by atoms with van der Waals surface area (Å²) in [6, 6.07) is 1.19. The first-order chi connectivity index (χ1) is 8.21. The van der Waals surface area contributed by atoms with E-state index in [2.05, 4.69) is 0 Å². The third-order valence-corrected chi connectivity index (χ3v) is 3.51. The molecule has 0 unspecified atom stereocenters. The highest BCUT2D eigenvalue weighted by molar-refractivity contribution is 8.13. The van der Waals surface area contributed by atoms with Crippen LogP contribution in [0.5, 0.6) is 5.75 Å². The Hall–Kier alpha value is -0.880. The van der Waals surface area contributed by atoms with Gasteiger partial charge in [-0.1, -0.05) is 13.8 Å². The van der Waals surface area contributed by atoms with Gasteiger partial charge in [-0.3, -0.25) is 0 Å². The molecule has 0 saturated carbocycles. The van der Waals surface area contributed by atoms with Crippen LogP contribution in [-0.2, 0) is 9.05 Å². The van der Waals surface area contributed by atoms with Gasteiger partial charge in [0.15, 0.2) is 11.6 Å². The van der Waals surface area contributed by atoms with Gasteiger partial charge in [0.2, 0.25) is 0 Å². The monoisotopic (exact) mass is 298 g/mol. The van der Waals surface area contributed by atoms with E-state index in [4.69, 9.17) is 15.4 Å². The van der Waals surface area contributed by atoms with Crippen LogP contribution < -0.4 is 4.74 Å². The lowest BCUT2D eigenvalue weighted by atomic mass is 10.1. The van der Waals surface area contributed by atoms with Crippen LogP contribution in [0.15, 0.2) is 17.0 Å². The van der Waals surface area contributed by atoms with Crippen molar-refractivity contribution in [1.82, 2.24) is 0 Å². The molecular weight excluding hydrogens is 286 g/mol. The Morgan fingerprint density at radius 1 is 1.33 bits per heavy atom. The fourth-order valence-electron chi connectivity index (χ4n) is 1.25. The molecule has 3 nitrogen and oxygen atoms in total. The summed E-state index contributed by atoms with van der Waals surface area (Å²) in [5, 5.41) is 0. The van der Waals surface area contributed by atoms with Crippen molar-refractivity contribution in [2.24, 2.45) is 5.92 Å². The molecule has 1 aromatic carbocycles. The first-order valence-electron chi connectivity index (χ1n) is 5.28. The number of hydrogen-bond acceptors (Lipinski definition) is 3. The summed E-state index contributed by atoms with van der Waals surface area (Å²) in [6.45, 7) is 3.99. The Labute approximate surface area is 109 Å². The zero-order valence-corrected chi connectivity index (χ0v) is 11.5. The van der Waals surface area contributed by atoms with Crippen molar-refractivity contribution in [3.63, 3.8) is 0 Å². The van der Waals surface area contributed by atoms with Crippen molar-refractivity contribution in [1.29, 1.82) is 0 Å². The van der Waals surface area contributed by atoms with E-state index < -0.39 is 31.3 Å². The van der Waals surface area contributed by atoms with Crippen LogP contribution in [0.3, 0.4) is 0 Å². The largest absolute Gasteiger partial charge is 0.489 e. The maximum Gasteiger partial charge on any atom is 0.265 e. The molecule has 1 rings (SSSR count). The minimum absolute atomic E-state index is 0.125. The third kappa shape index (κ3) is 4.10. The van der Waals surface area contributed by atoms with Gasteiger partial charge in [-0.25, -0.2) is 17.2 Å². The molecule has 0 N–H and O–H groups in total. The predicted octanol–water partition coefficient (Wildman–Crippen LogP) is 3.32. The summed E-state index contributed by atoms with van der Waals surface area (Å²) in [6.07, 6.45) is 0.610. The van der Waals surface area contributed by atoms with Gasteiger partial charge in [0.25, 0.3) is 9.05 Å². The maximum absolute atomic E-state index is 13.5. The molecule has 0 fully saturated rings. The fourth-order valence-corrected chi connectivity index (χ4v) is 2.23. The number of benzene rings is 1. The zero-order chi connectivity index (χ0) is 13.9. The summed E-state index contributed by atoms with van der Waals surface area (Å²) >= 11 is 0. The SMILES string of the molecule is CC(C)CCOc1c(F)cc(F)cc1S(=O)(=O)Cl. The molecule has 0 saturated heterocycles. The summed E-state index contributed by atoms with van der Waals surface area (Å²) in [5.41, 5.74) is 0. The molecule has 0 radical (unpaired) electrons. The van der Waals surface area contributed by atoms with Gasteiger partial charge in [-0.2, -0.15) is 0 Å². The van der Waals surface area contributed by atoms with Crippen LogP contribution in [0.4, 0.5) is 8.78 Å². The minimum atomic E-state index is -4.26. The summed E-state index contributed by atoms with van der Waals surface area (Å²) < 4.78 is 53.9. The van der Waals surface area contributed by atoms with Crippen LogP contribution in [0.25, 0.3) is 0 Å². The highest BCUT2D eigenvalue weighted by Crippen LogP contribution is 2.31. The standard InChI is InChI=1S/C11H13ClF2O3S/c1-7(2)3-4-17-11-9(14)5-8(13)6-10(11)18(12,15)16/h5-7H,3-4H2,1-2H3. The number of hydrogen-bond donors (Lipinski definition) is 0. The molecule has 0 aliphatic carbocycles. The van der Waals surface area contributed by atoms with E-state index >= 15 is 0 Å². The summed E-state index contributed by atoms with van der Waals surface area (Å²) in [4.78, 5) is -0.689. The molecule has 18 heavy (non-hydrogen) atoms. The first-order valence-corrected chi connectivity index (χ1v) is 7.59. The van der Waals surface area contributed by atoms with Crippen LogP contribution in [-0.4, -0.2) is 15.0 Å². The van der Waals surface area contributed by atoms with Crippen LogP contribution >= 0.6 is 10.7 Å². The average Bonchev–Trinajstić information content (AvgIpc) is 2.18. The molecule has 0 bridgehead atoms. The second kappa shape index (κ2) is 5.84. The van der Waals surface area contributed by atoms with Crippen molar-refractivity contribution >= 4 is 19.7 Å². The smallest absolute Gasteiger partial charge is 0.265 e. The Kier molecular flexibility index (Phi) is 4.92. The molecule has 0 atom stereocenters. The van der Waals surface area contributed by atoms with E-state index in [-0.39, 0.29) is 6.61 Å². The Bertz CT molecular complexity index is 529. The Morgan fingerprint density at radius 3 is 2.44 bits per heavy atom. The number of rotatable bonds is 5. The van der Waals surface area contributed by atoms with E-state index in [1.54, 1.807) is 0 Å². The quantitative estimate of drug-likeness (QED) is 0.783. The number of halogens is 3. The Morgan fingerprint density at radius 2 is 1.94 bits per heavy atom. The molecule has 102 valence electrons. The molecule has 0 amide bonds. The normalized spacial score (nSPS) is 11.9. The molecule has 0 heterocycles. The topological polar surface area (TPSA) is 43.4 Å². The second-order valence-corrected chi connectivity index (χ2v) is 6.72. The van der Waals surface area contributed by atoms with Gasteiger partial charge in [0.1, 0.15) is 10.7 Å². The van der Waals surface area contributed by atoms with Gasteiger partial charge in [0.05, 0.1) is 6.61 Å². The van der Waals surface area contributed by atoms with Crippen LogP contribution in [0, 0.1) is 17.6 Å². The van der Waals surface area contributed by atoms with Gasteiger partial charge in [0, 0.05) is 16.7 Å². The molecule has 0 aromatic heterocycles. The highest BCUT2D eigenvalue weighted by atomic mass is 35.7. The van der Waals surface area contributed by atoms with E-state index in [9.17, 15) is 17.2 Å². The summed E-state index contributed by atoms with van der Waals surface area (Å²) in [7, 11) is 0.846. The molecule has 7 heteroatoms. The molecular formula is C11H13ClF2O3S. The average molecular weight is 299 g/mol. The molecule has 0 aliphatic heterocycles. The van der Waals surface area contributed by atoms with E-state index in [0.717, 1.165) is 0 Å². The van der Waals surface area contributed by atoms with Gasteiger partial charge >= 0.3 is 0 Å². The lowest BCUT2D eigenvalue weighted by molar-refractivity contribution is 0.268. The lowest BCUT2D eigenvalue weighted by Crippen LogP contribution is -2.07. The zero-order valence-electron chi connectivity index (χ0n) is 9.91. The fraction of sp³-hybridized carbons (Fsp3) is 0.455. The molecule has 0 aliphatic rings. The lowest BCUT2D eigenvalue weighted by Gasteiger charge is -2.11. The Balaban J connectivity index is 3.09. The minimum Gasteiger partial charge on any atom is -0.489 e. The first kappa shape index (κ1) is 15.2. The molecule has 1 aromatic rings. The van der Waals surface area contributed by atoms with Crippen LogP contribution in [0.1, 0.15) is 20.3 Å². The van der Waals surface area contributed by atoms with E-state index in [1.165, 1.54) is 0 Å². The van der Waals surface area contributed by atoms with Crippen LogP contribution in [0.2, 0.25) is 0 Å². The van der Waals surface area contributed by atoms with Crippen molar-refractivity contribution in [3.8, 4) is 5.75 Å². The molecule has 0 spiro atoms. The predicted molar refractivity (Wildman–Crippen MR) is 64.3 cm³/mol. The van der Waals surface area contributed by atoms with Crippen molar-refractivity contribution in [3.05, 3.63) is 23.8 Å². The summed E-state index contributed by atoms with van der Waals surface area (Å²) in [5.74, 6) is -2.34. The third-order valence-electron chi connectivity index (χ3n) is 2.18. The van der Waals surface area contributed by atoms with Crippen molar-refractivity contribution < 1.29 is 21.9 Å². The second-order valence-electron chi connectivity index (χ2n) is 4.18. The highest BCUT2D eigenvalue weighted by Gasteiger charge is 2.22. The van der Waals surface area contributed by atoms with Crippen molar-refractivity contribution in [2.45, 2.75) is 25.2 Å². The van der Waals surface area contributed by atoms with Crippen molar-refractivity contribution in [2.75, 3.05) is 6.61 Å². The van der Waals surface area contributed by atoms with Gasteiger partial charge in [-0.05, 0) is 18.4 Å². The maximum atomic E-state index is 13.5. The van der Waals surface area contributed by atoms with E-state index in [0.29, 0.717) is 24.5 Å². The van der Waals surface area contributed by atoms with Gasteiger partial charge in [-0.15, -0.1) is 0 Å². The van der Waals surface area contributed by atoms with Gasteiger partial charge < -0.3 is 4.74 Å². The van der Waals surface area contributed by atoms with E-state index in [1.807, 2.05) is 13.8 Å².